The molecule has 1 aliphatic heterocycles. The molecule has 0 radical (unpaired) electrons. The highest BCUT2D eigenvalue weighted by Gasteiger charge is 2.29. The van der Waals surface area contributed by atoms with Crippen molar-refractivity contribution in [2.45, 2.75) is 33.2 Å². The minimum Gasteiger partial charge on any atom is -0.507 e. The van der Waals surface area contributed by atoms with Gasteiger partial charge in [-0.2, -0.15) is 5.10 Å². The summed E-state index contributed by atoms with van der Waals surface area (Å²) in [4.78, 5) is 14.6. The van der Waals surface area contributed by atoms with Crippen LogP contribution in [-0.4, -0.2) is 29.3 Å². The molecule has 0 spiro atoms. The van der Waals surface area contributed by atoms with Crippen LogP contribution in [0.15, 0.2) is 47.6 Å². The Morgan fingerprint density at radius 2 is 2.04 bits per heavy atom. The molecule has 6 heteroatoms. The van der Waals surface area contributed by atoms with Crippen LogP contribution in [0.5, 0.6) is 5.75 Å². The summed E-state index contributed by atoms with van der Waals surface area (Å²) in [5.41, 5.74) is 7.39. The Bertz CT molecular complexity index is 980. The number of carbonyl (C=O) groups is 1. The number of allylic oxidation sites excluding steroid dienone is 1. The molecule has 0 saturated carbocycles. The van der Waals surface area contributed by atoms with Crippen molar-refractivity contribution in [3.05, 3.63) is 62.7 Å². The minimum absolute atomic E-state index is 0.0194. The maximum atomic E-state index is 12.2. The Hall–Kier alpha value is -2.35. The van der Waals surface area contributed by atoms with Crippen LogP contribution in [0.4, 0.5) is 5.69 Å². The maximum absolute atomic E-state index is 12.2. The molecule has 146 valence electrons. The number of anilines is 1. The summed E-state index contributed by atoms with van der Waals surface area (Å²) in [5.74, 6) is -0.284. The monoisotopic (exact) mass is 489 g/mol. The van der Waals surface area contributed by atoms with Crippen LogP contribution in [0.1, 0.15) is 49.2 Å². The quantitative estimate of drug-likeness (QED) is 0.369. The second kappa shape index (κ2) is 7.95. The molecule has 0 unspecified atom stereocenters. The summed E-state index contributed by atoms with van der Waals surface area (Å²) >= 11 is 2.01. The normalized spacial score (nSPS) is 15.3. The van der Waals surface area contributed by atoms with E-state index >= 15 is 0 Å². The minimum atomic E-state index is -0.365. The molecule has 0 bridgehead atoms. The standard InChI is InChI=1S/C22H24IN3O2/c1-5-26-19-9-6-15(10-17(19)14(2)12-22(26,3)4)13-24-25-21(28)16-7-8-18(23)20(27)11-16/h6-13,27H,5H2,1-4H3,(H,25,28)/b24-13-. The van der Waals surface area contributed by atoms with Crippen molar-refractivity contribution in [2.24, 2.45) is 5.10 Å². The summed E-state index contributed by atoms with van der Waals surface area (Å²) < 4.78 is 0.694. The van der Waals surface area contributed by atoms with Gasteiger partial charge in [-0.15, -0.1) is 0 Å². The SMILES string of the molecule is CCN1c2ccc(/C=N\NC(=O)c3ccc(I)c(O)c3)cc2C(C)=CC1(C)C. The fourth-order valence-electron chi connectivity index (χ4n) is 3.64. The zero-order valence-electron chi connectivity index (χ0n) is 16.5. The zero-order chi connectivity index (χ0) is 20.5. The lowest BCUT2D eigenvalue weighted by molar-refractivity contribution is 0.0954. The number of benzene rings is 2. The van der Waals surface area contributed by atoms with E-state index in [-0.39, 0.29) is 17.2 Å². The Kier molecular flexibility index (Phi) is 5.79. The number of likely N-dealkylation sites (N-methyl/N-ethyl adjacent to an activating group) is 1. The Morgan fingerprint density at radius 1 is 1.29 bits per heavy atom. The van der Waals surface area contributed by atoms with E-state index in [1.165, 1.54) is 22.9 Å². The van der Waals surface area contributed by atoms with Crippen LogP contribution in [0, 0.1) is 3.57 Å². The van der Waals surface area contributed by atoms with E-state index in [1.807, 2.05) is 28.7 Å². The van der Waals surface area contributed by atoms with Gasteiger partial charge in [-0.05, 0) is 91.8 Å². The zero-order valence-corrected chi connectivity index (χ0v) is 18.6. The first-order chi connectivity index (χ1) is 13.2. The van der Waals surface area contributed by atoms with Crippen LogP contribution in [-0.2, 0) is 0 Å². The summed E-state index contributed by atoms with van der Waals surface area (Å²) in [6.07, 6.45) is 3.92. The number of hydrogen-bond acceptors (Lipinski definition) is 4. The highest BCUT2D eigenvalue weighted by molar-refractivity contribution is 14.1. The van der Waals surface area contributed by atoms with Crippen LogP contribution >= 0.6 is 22.6 Å². The van der Waals surface area contributed by atoms with Crippen LogP contribution < -0.4 is 10.3 Å². The molecule has 2 N–H and O–H groups in total. The van der Waals surface area contributed by atoms with Crippen molar-refractivity contribution in [2.75, 3.05) is 11.4 Å². The number of phenolic OH excluding ortho intramolecular Hbond substituents is 1. The molecular formula is C22H24IN3O2. The molecule has 1 aliphatic rings. The highest BCUT2D eigenvalue weighted by Crippen LogP contribution is 2.38. The number of amides is 1. The molecule has 3 rings (SSSR count). The Morgan fingerprint density at radius 3 is 2.71 bits per heavy atom. The van der Waals surface area contributed by atoms with Crippen molar-refractivity contribution in [3.8, 4) is 5.75 Å². The maximum Gasteiger partial charge on any atom is 0.271 e. The predicted molar refractivity (Wildman–Crippen MR) is 123 cm³/mol. The van der Waals surface area contributed by atoms with Gasteiger partial charge in [-0.1, -0.05) is 12.1 Å². The van der Waals surface area contributed by atoms with E-state index in [1.54, 1.807) is 18.3 Å². The van der Waals surface area contributed by atoms with Gasteiger partial charge in [0.25, 0.3) is 5.91 Å². The lowest BCUT2D eigenvalue weighted by atomic mass is 9.88. The third kappa shape index (κ3) is 4.06. The van der Waals surface area contributed by atoms with Gasteiger partial charge >= 0.3 is 0 Å². The third-order valence-corrected chi connectivity index (χ3v) is 5.82. The van der Waals surface area contributed by atoms with E-state index in [0.29, 0.717) is 9.13 Å². The smallest absolute Gasteiger partial charge is 0.271 e. The molecule has 0 saturated heterocycles. The van der Waals surface area contributed by atoms with Gasteiger partial charge in [0.05, 0.1) is 15.3 Å². The predicted octanol–water partition coefficient (Wildman–Crippen LogP) is 4.78. The van der Waals surface area contributed by atoms with Gasteiger partial charge in [0, 0.05) is 23.4 Å². The third-order valence-electron chi connectivity index (χ3n) is 4.91. The van der Waals surface area contributed by atoms with E-state index in [4.69, 9.17) is 0 Å². The van der Waals surface area contributed by atoms with Crippen molar-refractivity contribution < 1.29 is 9.90 Å². The number of hydrogen-bond donors (Lipinski definition) is 2. The average Bonchev–Trinajstić information content (AvgIpc) is 2.64. The van der Waals surface area contributed by atoms with Gasteiger partial charge in [-0.25, -0.2) is 5.43 Å². The topological polar surface area (TPSA) is 64.9 Å². The molecule has 28 heavy (non-hydrogen) atoms. The Balaban J connectivity index is 1.78. The van der Waals surface area contributed by atoms with Gasteiger partial charge in [0.15, 0.2) is 0 Å². The van der Waals surface area contributed by atoms with Gasteiger partial charge in [-0.3, -0.25) is 4.79 Å². The molecule has 2 aromatic rings. The number of phenols is 1. The molecule has 0 aromatic heterocycles. The van der Waals surface area contributed by atoms with E-state index < -0.39 is 0 Å². The van der Waals surface area contributed by atoms with Crippen molar-refractivity contribution in [1.29, 1.82) is 0 Å². The fraction of sp³-hybridized carbons (Fsp3) is 0.273. The van der Waals surface area contributed by atoms with Crippen molar-refractivity contribution >= 4 is 46.0 Å². The number of halogens is 1. The summed E-state index contributed by atoms with van der Waals surface area (Å²) in [7, 11) is 0. The molecule has 5 nitrogen and oxygen atoms in total. The number of rotatable bonds is 4. The number of hydrazone groups is 1. The summed E-state index contributed by atoms with van der Waals surface area (Å²) in [5, 5.41) is 13.8. The average molecular weight is 489 g/mol. The highest BCUT2D eigenvalue weighted by atomic mass is 127. The van der Waals surface area contributed by atoms with Gasteiger partial charge in [0.1, 0.15) is 5.75 Å². The molecule has 0 fully saturated rings. The summed E-state index contributed by atoms with van der Waals surface area (Å²) in [6, 6.07) is 11.0. The molecule has 1 amide bonds. The first-order valence-corrected chi connectivity index (χ1v) is 10.2. The largest absolute Gasteiger partial charge is 0.507 e. The van der Waals surface area contributed by atoms with Crippen LogP contribution in [0.2, 0.25) is 0 Å². The number of nitrogens with zero attached hydrogens (tertiary/aromatic N) is 2. The number of aromatic hydroxyl groups is 1. The van der Waals surface area contributed by atoms with E-state index in [0.717, 1.165) is 12.1 Å². The van der Waals surface area contributed by atoms with Crippen LogP contribution in [0.25, 0.3) is 5.57 Å². The van der Waals surface area contributed by atoms with E-state index in [9.17, 15) is 9.90 Å². The fourth-order valence-corrected chi connectivity index (χ4v) is 3.98. The molecule has 0 atom stereocenters. The molecular weight excluding hydrogens is 465 g/mol. The van der Waals surface area contributed by atoms with Crippen molar-refractivity contribution in [1.82, 2.24) is 5.43 Å². The second-order valence-electron chi connectivity index (χ2n) is 7.37. The molecule has 0 aliphatic carbocycles. The molecule has 1 heterocycles. The lowest BCUT2D eigenvalue weighted by Crippen LogP contribution is -2.44. The van der Waals surface area contributed by atoms with Gasteiger partial charge < -0.3 is 10.0 Å². The van der Waals surface area contributed by atoms with E-state index in [2.05, 4.69) is 61.3 Å². The van der Waals surface area contributed by atoms with Crippen molar-refractivity contribution in [3.63, 3.8) is 0 Å². The summed E-state index contributed by atoms with van der Waals surface area (Å²) in [6.45, 7) is 9.65. The van der Waals surface area contributed by atoms with Gasteiger partial charge in [0.2, 0.25) is 0 Å². The lowest BCUT2D eigenvalue weighted by Gasteiger charge is -2.42. The first kappa shape index (κ1) is 20.4. The first-order valence-electron chi connectivity index (χ1n) is 9.16. The number of nitrogens with one attached hydrogen (secondary N) is 1. The van der Waals surface area contributed by atoms with Crippen LogP contribution in [0.3, 0.4) is 0 Å². The second-order valence-corrected chi connectivity index (χ2v) is 8.53. The Labute approximate surface area is 179 Å². The molecule has 2 aromatic carbocycles. The number of carbonyl (C=O) groups excluding carboxylic acids is 1. The number of fused-ring (bicyclic) bond motifs is 1.